The maximum absolute atomic E-state index is 10.6. The number of halogens is 1. The van der Waals surface area contributed by atoms with E-state index in [0.29, 0.717) is 6.42 Å². The first-order valence-corrected chi connectivity index (χ1v) is 10.4. The van der Waals surface area contributed by atoms with Crippen LogP contribution in [0.25, 0.3) is 6.08 Å². The van der Waals surface area contributed by atoms with Gasteiger partial charge in [0, 0.05) is 24.1 Å². The summed E-state index contributed by atoms with van der Waals surface area (Å²) in [7, 11) is 0. The van der Waals surface area contributed by atoms with Gasteiger partial charge in [0.15, 0.2) is 0 Å². The van der Waals surface area contributed by atoms with Crippen molar-refractivity contribution in [3.8, 4) is 0 Å². The van der Waals surface area contributed by atoms with E-state index in [1.54, 1.807) is 6.08 Å². The fraction of sp³-hybridized carbons (Fsp3) is 0.250. The number of carboxylic acid groups (broad SMARTS) is 1. The molecule has 1 saturated heterocycles. The largest absolute Gasteiger partial charge is 0.478 e. The number of likely N-dealkylation sites (tertiary alicyclic amines) is 1. The van der Waals surface area contributed by atoms with E-state index in [0.717, 1.165) is 59.8 Å². The van der Waals surface area contributed by atoms with E-state index in [1.165, 1.54) is 5.56 Å². The zero-order chi connectivity index (χ0) is 20.9. The van der Waals surface area contributed by atoms with Crippen LogP contribution in [0.3, 0.4) is 0 Å². The number of oxazole rings is 1. The Labute approximate surface area is 180 Å². The molecule has 1 fully saturated rings. The Morgan fingerprint density at radius 2 is 1.90 bits per heavy atom. The molecule has 0 bridgehead atoms. The molecule has 3 aromatic rings. The number of aromatic nitrogens is 1. The van der Waals surface area contributed by atoms with Crippen molar-refractivity contribution in [3.63, 3.8) is 0 Å². The summed E-state index contributed by atoms with van der Waals surface area (Å²) in [4.78, 5) is 17.6. The third-order valence-corrected chi connectivity index (χ3v) is 5.55. The number of hydrogen-bond donors (Lipinski definition) is 1. The van der Waals surface area contributed by atoms with E-state index in [2.05, 4.69) is 9.88 Å². The van der Waals surface area contributed by atoms with Gasteiger partial charge in [-0.2, -0.15) is 0 Å². The molecule has 4 rings (SSSR count). The minimum atomic E-state index is -0.944. The highest BCUT2D eigenvalue weighted by Crippen LogP contribution is 2.33. The van der Waals surface area contributed by atoms with Crippen LogP contribution >= 0.6 is 11.6 Å². The fourth-order valence-electron chi connectivity index (χ4n) is 3.79. The van der Waals surface area contributed by atoms with E-state index in [9.17, 15) is 4.79 Å². The first kappa shape index (κ1) is 20.4. The number of nitrogens with zero attached hydrogens (tertiary/aromatic N) is 2. The number of rotatable bonds is 7. The van der Waals surface area contributed by atoms with Gasteiger partial charge in [0.25, 0.3) is 0 Å². The Balaban J connectivity index is 1.40. The van der Waals surface area contributed by atoms with Gasteiger partial charge in [-0.15, -0.1) is 0 Å². The van der Waals surface area contributed by atoms with Crippen molar-refractivity contribution < 1.29 is 14.3 Å². The van der Waals surface area contributed by atoms with Gasteiger partial charge in [0.1, 0.15) is 5.76 Å². The van der Waals surface area contributed by atoms with E-state index in [4.69, 9.17) is 21.1 Å². The maximum atomic E-state index is 10.6. The van der Waals surface area contributed by atoms with Gasteiger partial charge in [-0.3, -0.25) is 4.90 Å². The summed E-state index contributed by atoms with van der Waals surface area (Å²) in [5.74, 6) is 0.687. The number of carbonyl (C=O) groups is 1. The summed E-state index contributed by atoms with van der Waals surface area (Å²) in [5.41, 5.74) is 3.20. The van der Waals surface area contributed by atoms with Gasteiger partial charge in [-0.05, 0) is 54.3 Å². The van der Waals surface area contributed by atoms with Gasteiger partial charge in [0.2, 0.25) is 5.89 Å². The first-order chi connectivity index (χ1) is 14.6. The van der Waals surface area contributed by atoms with Crippen LogP contribution in [0.2, 0.25) is 5.02 Å². The van der Waals surface area contributed by atoms with Crippen molar-refractivity contribution in [1.29, 1.82) is 0 Å². The highest BCUT2D eigenvalue weighted by Gasteiger charge is 2.29. The first-order valence-electron chi connectivity index (χ1n) is 10.00. The van der Waals surface area contributed by atoms with Gasteiger partial charge >= 0.3 is 5.97 Å². The quantitative estimate of drug-likeness (QED) is 0.519. The summed E-state index contributed by atoms with van der Waals surface area (Å²) in [6.45, 7) is 1.81. The Morgan fingerprint density at radius 3 is 2.63 bits per heavy atom. The summed E-state index contributed by atoms with van der Waals surface area (Å²) in [5, 5.41) is 9.46. The molecule has 30 heavy (non-hydrogen) atoms. The lowest BCUT2D eigenvalue weighted by Crippen LogP contribution is -2.22. The molecule has 1 aliphatic heterocycles. The van der Waals surface area contributed by atoms with Crippen LogP contribution in [-0.2, 0) is 17.8 Å². The topological polar surface area (TPSA) is 66.6 Å². The molecule has 1 atom stereocenters. The lowest BCUT2D eigenvalue weighted by atomic mass is 10.1. The van der Waals surface area contributed by atoms with Crippen LogP contribution in [0.5, 0.6) is 0 Å². The Hall–Kier alpha value is -2.89. The second kappa shape index (κ2) is 9.28. The van der Waals surface area contributed by atoms with Gasteiger partial charge in [-0.25, -0.2) is 9.78 Å². The van der Waals surface area contributed by atoms with Crippen LogP contribution in [-0.4, -0.2) is 27.5 Å². The molecule has 0 saturated carbocycles. The van der Waals surface area contributed by atoms with E-state index in [1.807, 2.05) is 54.7 Å². The Kier molecular flexibility index (Phi) is 6.31. The second-order valence-corrected chi connectivity index (χ2v) is 7.95. The van der Waals surface area contributed by atoms with Crippen molar-refractivity contribution in [2.75, 3.05) is 6.54 Å². The highest BCUT2D eigenvalue weighted by molar-refractivity contribution is 6.30. The number of carboxylic acids is 1. The molecule has 6 heteroatoms. The highest BCUT2D eigenvalue weighted by atomic mass is 35.5. The van der Waals surface area contributed by atoms with E-state index >= 15 is 0 Å². The smallest absolute Gasteiger partial charge is 0.328 e. The number of hydrogen-bond acceptors (Lipinski definition) is 4. The summed E-state index contributed by atoms with van der Waals surface area (Å²) < 4.78 is 6.09. The van der Waals surface area contributed by atoms with Crippen molar-refractivity contribution in [2.45, 2.75) is 31.8 Å². The molecule has 154 valence electrons. The molecule has 5 nitrogen and oxygen atoms in total. The summed E-state index contributed by atoms with van der Waals surface area (Å²) >= 11 is 5.96. The molecule has 0 amide bonds. The van der Waals surface area contributed by atoms with E-state index in [-0.39, 0.29) is 6.04 Å². The maximum Gasteiger partial charge on any atom is 0.328 e. The normalized spacial score (nSPS) is 17.0. The van der Waals surface area contributed by atoms with Crippen molar-refractivity contribution in [2.24, 2.45) is 0 Å². The Morgan fingerprint density at radius 1 is 1.17 bits per heavy atom. The minimum Gasteiger partial charge on any atom is -0.478 e. The molecule has 0 unspecified atom stereocenters. The molecule has 1 aromatic heterocycles. The van der Waals surface area contributed by atoms with Crippen LogP contribution in [0.4, 0.5) is 0 Å². The summed E-state index contributed by atoms with van der Waals surface area (Å²) in [6, 6.07) is 15.9. The Bertz CT molecular complexity index is 1030. The number of aliphatic carboxylic acids is 1. The third-order valence-electron chi connectivity index (χ3n) is 5.30. The monoisotopic (exact) mass is 422 g/mol. The standard InChI is InChI=1S/C24H23ClN2O3/c25-20-10-7-18(8-11-20)14-21-15-26-24(30-21)22-2-1-13-27(22)16-19-5-3-17(4-6-19)9-12-23(28)29/h3-12,15,22H,1-2,13-14,16H2,(H,28,29)/b12-9+/t22-/m0/s1. The minimum absolute atomic E-state index is 0.176. The molecular weight excluding hydrogens is 400 g/mol. The molecule has 0 spiro atoms. The van der Waals surface area contributed by atoms with E-state index < -0.39 is 5.97 Å². The van der Waals surface area contributed by atoms with Crippen LogP contribution in [0.1, 0.15) is 47.2 Å². The lowest BCUT2D eigenvalue weighted by molar-refractivity contribution is -0.131. The van der Waals surface area contributed by atoms with Crippen molar-refractivity contribution in [3.05, 3.63) is 94.2 Å². The molecule has 0 aliphatic carbocycles. The third kappa shape index (κ3) is 5.17. The van der Waals surface area contributed by atoms with Crippen molar-refractivity contribution >= 4 is 23.6 Å². The van der Waals surface area contributed by atoms with Crippen molar-refractivity contribution in [1.82, 2.24) is 9.88 Å². The predicted molar refractivity (Wildman–Crippen MR) is 116 cm³/mol. The average Bonchev–Trinajstić information content (AvgIpc) is 3.38. The van der Waals surface area contributed by atoms with Crippen LogP contribution in [0.15, 0.2) is 65.2 Å². The molecule has 1 N–H and O–H groups in total. The summed E-state index contributed by atoms with van der Waals surface area (Å²) in [6.07, 6.45) is 7.40. The predicted octanol–water partition coefficient (Wildman–Crippen LogP) is 5.35. The van der Waals surface area contributed by atoms with Gasteiger partial charge in [-0.1, -0.05) is 48.0 Å². The zero-order valence-electron chi connectivity index (χ0n) is 16.5. The SMILES string of the molecule is O=C(O)/C=C/c1ccc(CN2CCC[C@H]2c2ncc(Cc3ccc(Cl)cc3)o2)cc1. The van der Waals surface area contributed by atoms with Crippen LogP contribution in [0, 0.1) is 0 Å². The molecule has 2 heterocycles. The molecule has 0 radical (unpaired) electrons. The molecular formula is C24H23ClN2O3. The van der Waals surface area contributed by atoms with Gasteiger partial charge in [0.05, 0.1) is 12.2 Å². The average molecular weight is 423 g/mol. The zero-order valence-corrected chi connectivity index (χ0v) is 17.3. The molecule has 1 aliphatic rings. The second-order valence-electron chi connectivity index (χ2n) is 7.51. The van der Waals surface area contributed by atoms with Crippen LogP contribution < -0.4 is 0 Å². The number of benzene rings is 2. The fourth-order valence-corrected chi connectivity index (χ4v) is 3.92. The van der Waals surface area contributed by atoms with Gasteiger partial charge < -0.3 is 9.52 Å². The lowest BCUT2D eigenvalue weighted by Gasteiger charge is -2.22. The molecule has 2 aromatic carbocycles.